The highest BCUT2D eigenvalue weighted by Gasteiger charge is 2.19. The van der Waals surface area contributed by atoms with Crippen LogP contribution in [0, 0.1) is 6.92 Å². The molecule has 0 aliphatic rings. The van der Waals surface area contributed by atoms with Crippen molar-refractivity contribution in [2.45, 2.75) is 11.1 Å². The van der Waals surface area contributed by atoms with E-state index in [-0.39, 0.29) is 10.1 Å². The maximum absolute atomic E-state index is 11.2. The fourth-order valence-corrected chi connectivity index (χ4v) is 3.05. The number of carbonyl (C=O) groups is 1. The summed E-state index contributed by atoms with van der Waals surface area (Å²) in [5.74, 6) is -0.311. The smallest absolute Gasteiger partial charge is 0.252 e. The van der Waals surface area contributed by atoms with E-state index in [1.807, 2.05) is 0 Å². The summed E-state index contributed by atoms with van der Waals surface area (Å²) >= 11 is 0.953. The molecule has 5 nitrogen and oxygen atoms in total. The number of thiophene rings is 1. The normalized spacial score (nSPS) is 11.4. The van der Waals surface area contributed by atoms with Crippen molar-refractivity contribution in [3.05, 3.63) is 16.5 Å². The van der Waals surface area contributed by atoms with Crippen LogP contribution in [-0.2, 0) is 10.0 Å². The van der Waals surface area contributed by atoms with Crippen molar-refractivity contribution in [1.29, 1.82) is 0 Å². The molecule has 0 fully saturated rings. The van der Waals surface area contributed by atoms with E-state index < -0.39 is 10.0 Å². The summed E-state index contributed by atoms with van der Waals surface area (Å²) in [5.41, 5.74) is 0.748. The van der Waals surface area contributed by atoms with Gasteiger partial charge in [-0.1, -0.05) is 0 Å². The molecule has 78 valence electrons. The standard InChI is InChI=1S/C7H10N2O3S2/c1-4-5(6(10)9-2)3-13-7(4)14(8,11)12/h3H,1-2H3,(H,9,10)(H2,8,11,12). The molecule has 1 aromatic rings. The van der Waals surface area contributed by atoms with Crippen molar-refractivity contribution >= 4 is 27.3 Å². The SMILES string of the molecule is CNC(=O)c1csc(S(N)(=O)=O)c1C. The molecule has 7 heteroatoms. The molecule has 1 rings (SSSR count). The zero-order valence-corrected chi connectivity index (χ0v) is 9.33. The Morgan fingerprint density at radius 1 is 1.57 bits per heavy atom. The second kappa shape index (κ2) is 3.68. The Kier molecular flexibility index (Phi) is 2.93. The third-order valence-corrected chi connectivity index (χ3v) is 4.41. The maximum atomic E-state index is 11.2. The zero-order chi connectivity index (χ0) is 10.9. The molecule has 0 aromatic carbocycles. The van der Waals surface area contributed by atoms with Gasteiger partial charge in [0.25, 0.3) is 5.91 Å². The second-order valence-corrected chi connectivity index (χ2v) is 5.32. The molecule has 0 atom stereocenters. The van der Waals surface area contributed by atoms with E-state index in [0.717, 1.165) is 11.3 Å². The molecular weight excluding hydrogens is 224 g/mol. The molecule has 3 N–H and O–H groups in total. The van der Waals surface area contributed by atoms with Crippen LogP contribution in [0.3, 0.4) is 0 Å². The Balaban J connectivity index is 3.29. The summed E-state index contributed by atoms with van der Waals surface area (Å²) in [7, 11) is -2.23. The van der Waals surface area contributed by atoms with Gasteiger partial charge in [0.1, 0.15) is 4.21 Å². The third-order valence-electron chi connectivity index (χ3n) is 1.72. The lowest BCUT2D eigenvalue weighted by atomic mass is 10.2. The number of amides is 1. The van der Waals surface area contributed by atoms with Crippen molar-refractivity contribution in [2.75, 3.05) is 7.05 Å². The van der Waals surface area contributed by atoms with Crippen molar-refractivity contribution < 1.29 is 13.2 Å². The molecule has 1 heterocycles. The number of hydrogen-bond donors (Lipinski definition) is 2. The van der Waals surface area contributed by atoms with Crippen molar-refractivity contribution in [2.24, 2.45) is 5.14 Å². The van der Waals surface area contributed by atoms with Gasteiger partial charge < -0.3 is 5.32 Å². The Morgan fingerprint density at radius 3 is 2.50 bits per heavy atom. The van der Waals surface area contributed by atoms with Crippen molar-refractivity contribution in [3.8, 4) is 0 Å². The lowest BCUT2D eigenvalue weighted by molar-refractivity contribution is 0.0963. The van der Waals surface area contributed by atoms with Crippen LogP contribution in [-0.4, -0.2) is 21.4 Å². The van der Waals surface area contributed by atoms with Crippen LogP contribution < -0.4 is 10.5 Å². The molecule has 1 aromatic heterocycles. The van der Waals surface area contributed by atoms with E-state index >= 15 is 0 Å². The first-order valence-electron chi connectivity index (χ1n) is 3.71. The van der Waals surface area contributed by atoms with Gasteiger partial charge in [0, 0.05) is 12.4 Å². The van der Waals surface area contributed by atoms with Crippen molar-refractivity contribution in [3.63, 3.8) is 0 Å². The number of rotatable bonds is 2. The highest BCUT2D eigenvalue weighted by Crippen LogP contribution is 2.25. The van der Waals surface area contributed by atoms with Gasteiger partial charge in [-0.05, 0) is 12.5 Å². The van der Waals surface area contributed by atoms with Gasteiger partial charge in [0.05, 0.1) is 5.56 Å². The summed E-state index contributed by atoms with van der Waals surface area (Å²) in [6.45, 7) is 1.56. The summed E-state index contributed by atoms with van der Waals surface area (Å²) in [4.78, 5) is 11.2. The van der Waals surface area contributed by atoms with Crippen LogP contribution in [0.15, 0.2) is 9.59 Å². The lowest BCUT2D eigenvalue weighted by Crippen LogP contribution is -2.19. The predicted octanol–water partition coefficient (Wildman–Crippen LogP) is 0.0635. The summed E-state index contributed by atoms with van der Waals surface area (Å²) < 4.78 is 22.1. The number of nitrogens with one attached hydrogen (secondary N) is 1. The molecule has 0 saturated heterocycles. The second-order valence-electron chi connectivity index (χ2n) is 2.69. The van der Waals surface area contributed by atoms with Crippen LogP contribution in [0.1, 0.15) is 15.9 Å². The van der Waals surface area contributed by atoms with Gasteiger partial charge in [-0.3, -0.25) is 4.79 Å². The monoisotopic (exact) mass is 234 g/mol. The Bertz CT molecular complexity index is 461. The highest BCUT2D eigenvalue weighted by atomic mass is 32.2. The van der Waals surface area contributed by atoms with E-state index in [4.69, 9.17) is 5.14 Å². The Labute approximate surface area is 86.0 Å². The van der Waals surface area contributed by atoms with E-state index in [2.05, 4.69) is 5.32 Å². The van der Waals surface area contributed by atoms with Gasteiger partial charge in [0.2, 0.25) is 10.0 Å². The van der Waals surface area contributed by atoms with Gasteiger partial charge in [-0.25, -0.2) is 13.6 Å². The quantitative estimate of drug-likeness (QED) is 0.758. The molecule has 0 aliphatic heterocycles. The molecule has 0 bridgehead atoms. The highest BCUT2D eigenvalue weighted by molar-refractivity contribution is 7.91. The molecule has 0 unspecified atom stereocenters. The number of primary sulfonamides is 1. The molecule has 14 heavy (non-hydrogen) atoms. The molecule has 0 radical (unpaired) electrons. The summed E-state index contributed by atoms with van der Waals surface area (Å²) in [5, 5.41) is 8.86. The third kappa shape index (κ3) is 1.94. The van der Waals surface area contributed by atoms with E-state index in [9.17, 15) is 13.2 Å². The zero-order valence-electron chi connectivity index (χ0n) is 7.70. The summed E-state index contributed by atoms with van der Waals surface area (Å²) in [6.07, 6.45) is 0. The topological polar surface area (TPSA) is 89.3 Å². The molecule has 1 amide bonds. The van der Waals surface area contributed by atoms with Crippen LogP contribution in [0.2, 0.25) is 0 Å². The number of nitrogens with two attached hydrogens (primary N) is 1. The first kappa shape index (κ1) is 11.2. The van der Waals surface area contributed by atoms with E-state index in [0.29, 0.717) is 11.1 Å². The average Bonchev–Trinajstić information content (AvgIpc) is 2.45. The number of hydrogen-bond acceptors (Lipinski definition) is 4. The fourth-order valence-electron chi connectivity index (χ4n) is 1.04. The molecule has 0 aliphatic carbocycles. The minimum absolute atomic E-state index is 0.0381. The van der Waals surface area contributed by atoms with Crippen molar-refractivity contribution in [1.82, 2.24) is 5.32 Å². The first-order chi connectivity index (χ1) is 6.38. The molecule has 0 spiro atoms. The minimum atomic E-state index is -3.72. The van der Waals surface area contributed by atoms with Crippen LogP contribution in [0.4, 0.5) is 0 Å². The fraction of sp³-hybridized carbons (Fsp3) is 0.286. The van der Waals surface area contributed by atoms with Gasteiger partial charge >= 0.3 is 0 Å². The average molecular weight is 234 g/mol. The van der Waals surface area contributed by atoms with Crippen LogP contribution >= 0.6 is 11.3 Å². The minimum Gasteiger partial charge on any atom is -0.355 e. The predicted molar refractivity (Wildman–Crippen MR) is 53.8 cm³/mol. The largest absolute Gasteiger partial charge is 0.355 e. The van der Waals surface area contributed by atoms with Crippen LogP contribution in [0.5, 0.6) is 0 Å². The first-order valence-corrected chi connectivity index (χ1v) is 6.13. The van der Waals surface area contributed by atoms with E-state index in [1.165, 1.54) is 12.4 Å². The van der Waals surface area contributed by atoms with Gasteiger partial charge in [0.15, 0.2) is 0 Å². The van der Waals surface area contributed by atoms with Gasteiger partial charge in [-0.15, -0.1) is 11.3 Å². The summed E-state index contributed by atoms with van der Waals surface area (Å²) in [6, 6.07) is 0. The Hall–Kier alpha value is -0.920. The molecular formula is C7H10N2O3S2. The van der Waals surface area contributed by atoms with Crippen LogP contribution in [0.25, 0.3) is 0 Å². The lowest BCUT2D eigenvalue weighted by Gasteiger charge is -1.98. The van der Waals surface area contributed by atoms with E-state index in [1.54, 1.807) is 6.92 Å². The molecule has 0 saturated carbocycles. The Morgan fingerprint density at radius 2 is 2.14 bits per heavy atom. The number of sulfonamides is 1. The maximum Gasteiger partial charge on any atom is 0.252 e. The van der Waals surface area contributed by atoms with Gasteiger partial charge in [-0.2, -0.15) is 0 Å². The number of carbonyl (C=O) groups excluding carboxylic acids is 1.